The Hall–Kier alpha value is -0.530. The van der Waals surface area contributed by atoms with Crippen molar-refractivity contribution in [2.24, 2.45) is 10.9 Å². The van der Waals surface area contributed by atoms with Crippen LogP contribution in [0.25, 0.3) is 0 Å². The number of nitrogens with one attached hydrogen (secondary N) is 1. The van der Waals surface area contributed by atoms with Crippen LogP contribution in [0.1, 0.15) is 51.9 Å². The monoisotopic (exact) mass is 194 g/mol. The van der Waals surface area contributed by atoms with Crippen molar-refractivity contribution in [3.8, 4) is 0 Å². The van der Waals surface area contributed by atoms with E-state index in [1.807, 2.05) is 0 Å². The molecule has 80 valence electrons. The number of hydrogen-bond acceptors (Lipinski definition) is 2. The van der Waals surface area contributed by atoms with Crippen LogP contribution in [0, 0.1) is 5.92 Å². The van der Waals surface area contributed by atoms with Gasteiger partial charge in [-0.2, -0.15) is 0 Å². The van der Waals surface area contributed by atoms with E-state index in [4.69, 9.17) is 0 Å². The van der Waals surface area contributed by atoms with Crippen molar-refractivity contribution in [2.45, 2.75) is 57.9 Å². The summed E-state index contributed by atoms with van der Waals surface area (Å²) in [6, 6.07) is 0.719. The maximum absolute atomic E-state index is 4.48. The summed E-state index contributed by atoms with van der Waals surface area (Å²) in [4.78, 5) is 4.48. The summed E-state index contributed by atoms with van der Waals surface area (Å²) < 4.78 is 0. The molecule has 2 aliphatic rings. The molecule has 1 aliphatic heterocycles. The van der Waals surface area contributed by atoms with Gasteiger partial charge in [-0.25, -0.2) is 0 Å². The largest absolute Gasteiger partial charge is 0.371 e. The molecular formula is C12H22N2. The van der Waals surface area contributed by atoms with Crippen LogP contribution >= 0.6 is 0 Å². The fraction of sp³-hybridized carbons (Fsp3) is 0.917. The zero-order valence-electron chi connectivity index (χ0n) is 9.26. The first kappa shape index (κ1) is 10.0. The van der Waals surface area contributed by atoms with Gasteiger partial charge in [0.25, 0.3) is 0 Å². The van der Waals surface area contributed by atoms with Gasteiger partial charge in [0.05, 0.1) is 5.84 Å². The lowest BCUT2D eigenvalue weighted by Crippen LogP contribution is -2.33. The summed E-state index contributed by atoms with van der Waals surface area (Å²) in [6.07, 6.45) is 9.35. The Labute approximate surface area is 87.2 Å². The van der Waals surface area contributed by atoms with Crippen LogP contribution in [0.2, 0.25) is 0 Å². The number of rotatable bonds is 1. The van der Waals surface area contributed by atoms with E-state index >= 15 is 0 Å². The first-order valence-electron chi connectivity index (χ1n) is 6.14. The first-order chi connectivity index (χ1) is 6.84. The molecule has 2 rings (SSSR count). The molecule has 1 fully saturated rings. The molecule has 0 spiro atoms. The minimum atomic E-state index is 0.719. The predicted octanol–water partition coefficient (Wildman–Crippen LogP) is 2.74. The molecule has 2 nitrogen and oxygen atoms in total. The van der Waals surface area contributed by atoms with E-state index in [0.29, 0.717) is 0 Å². The van der Waals surface area contributed by atoms with Crippen molar-refractivity contribution in [3.63, 3.8) is 0 Å². The van der Waals surface area contributed by atoms with E-state index in [1.165, 1.54) is 50.8 Å². The lowest BCUT2D eigenvalue weighted by atomic mass is 10.0. The fourth-order valence-corrected chi connectivity index (χ4v) is 2.52. The lowest BCUT2D eigenvalue weighted by molar-refractivity contribution is 0.489. The number of nitrogens with zero attached hydrogens (tertiary/aromatic N) is 1. The Morgan fingerprint density at radius 3 is 2.86 bits per heavy atom. The summed E-state index contributed by atoms with van der Waals surface area (Å²) in [5.74, 6) is 2.22. The SMILES string of the molecule is CC1CCCC(NC2=NCCC2)CC1. The molecule has 1 aliphatic carbocycles. The topological polar surface area (TPSA) is 24.4 Å². The maximum atomic E-state index is 4.48. The Morgan fingerprint density at radius 2 is 2.07 bits per heavy atom. The highest BCUT2D eigenvalue weighted by Crippen LogP contribution is 2.22. The fourth-order valence-electron chi connectivity index (χ4n) is 2.52. The Balaban J connectivity index is 1.79. The Bertz CT molecular complexity index is 210. The van der Waals surface area contributed by atoms with Crippen LogP contribution in [-0.4, -0.2) is 18.4 Å². The summed E-state index contributed by atoms with van der Waals surface area (Å²) in [5, 5.41) is 3.63. The minimum absolute atomic E-state index is 0.719. The predicted molar refractivity (Wildman–Crippen MR) is 60.7 cm³/mol. The number of aliphatic imine (C=N–C) groups is 1. The van der Waals surface area contributed by atoms with Gasteiger partial charge < -0.3 is 5.32 Å². The Kier molecular flexibility index (Phi) is 3.44. The van der Waals surface area contributed by atoms with Gasteiger partial charge in [0, 0.05) is 19.0 Å². The molecule has 0 aromatic heterocycles. The maximum Gasteiger partial charge on any atom is 0.0965 e. The third kappa shape index (κ3) is 2.73. The van der Waals surface area contributed by atoms with Gasteiger partial charge in [0.15, 0.2) is 0 Å². The number of hydrogen-bond donors (Lipinski definition) is 1. The summed E-state index contributed by atoms with van der Waals surface area (Å²) in [5.41, 5.74) is 0. The van der Waals surface area contributed by atoms with Gasteiger partial charge in [0.1, 0.15) is 0 Å². The van der Waals surface area contributed by atoms with E-state index in [9.17, 15) is 0 Å². The van der Waals surface area contributed by atoms with Crippen molar-refractivity contribution in [3.05, 3.63) is 0 Å². The molecule has 0 radical (unpaired) electrons. The molecule has 0 aromatic carbocycles. The molecular weight excluding hydrogens is 172 g/mol. The van der Waals surface area contributed by atoms with E-state index in [2.05, 4.69) is 17.2 Å². The summed E-state index contributed by atoms with van der Waals surface area (Å²) >= 11 is 0. The molecule has 14 heavy (non-hydrogen) atoms. The van der Waals surface area contributed by atoms with Crippen LogP contribution in [-0.2, 0) is 0 Å². The molecule has 0 saturated heterocycles. The highest BCUT2D eigenvalue weighted by molar-refractivity contribution is 5.83. The van der Waals surface area contributed by atoms with Crippen molar-refractivity contribution < 1.29 is 0 Å². The van der Waals surface area contributed by atoms with E-state index in [-0.39, 0.29) is 0 Å². The van der Waals surface area contributed by atoms with Gasteiger partial charge in [-0.1, -0.05) is 19.8 Å². The molecule has 1 heterocycles. The average molecular weight is 194 g/mol. The quantitative estimate of drug-likeness (QED) is 0.638. The van der Waals surface area contributed by atoms with Crippen molar-refractivity contribution in [1.82, 2.24) is 5.32 Å². The zero-order chi connectivity index (χ0) is 9.80. The van der Waals surface area contributed by atoms with Gasteiger partial charge in [-0.3, -0.25) is 4.99 Å². The number of amidine groups is 1. The second-order valence-electron chi connectivity index (χ2n) is 4.89. The van der Waals surface area contributed by atoms with Crippen LogP contribution in [0.15, 0.2) is 4.99 Å². The van der Waals surface area contributed by atoms with Crippen molar-refractivity contribution in [1.29, 1.82) is 0 Å². The third-order valence-corrected chi connectivity index (χ3v) is 3.50. The third-order valence-electron chi connectivity index (χ3n) is 3.50. The second kappa shape index (κ2) is 4.81. The summed E-state index contributed by atoms with van der Waals surface area (Å²) in [6.45, 7) is 3.43. The Morgan fingerprint density at radius 1 is 1.14 bits per heavy atom. The molecule has 2 heteroatoms. The lowest BCUT2D eigenvalue weighted by Gasteiger charge is -2.17. The smallest absolute Gasteiger partial charge is 0.0965 e. The van der Waals surface area contributed by atoms with Gasteiger partial charge in [0.2, 0.25) is 0 Å². The van der Waals surface area contributed by atoms with Gasteiger partial charge in [-0.15, -0.1) is 0 Å². The zero-order valence-corrected chi connectivity index (χ0v) is 9.26. The summed E-state index contributed by atoms with van der Waals surface area (Å²) in [7, 11) is 0. The highest BCUT2D eigenvalue weighted by atomic mass is 15.0. The van der Waals surface area contributed by atoms with Crippen LogP contribution in [0.3, 0.4) is 0 Å². The molecule has 1 N–H and O–H groups in total. The molecule has 2 atom stereocenters. The van der Waals surface area contributed by atoms with E-state index in [0.717, 1.165) is 18.5 Å². The molecule has 0 aromatic rings. The standard InChI is InChI=1S/C12H22N2/c1-10-4-2-5-11(8-7-10)14-12-6-3-9-13-12/h10-11H,2-9H2,1H3,(H,13,14). The van der Waals surface area contributed by atoms with E-state index < -0.39 is 0 Å². The molecule has 0 bridgehead atoms. The molecule has 1 saturated carbocycles. The molecule has 2 unspecified atom stereocenters. The van der Waals surface area contributed by atoms with E-state index in [1.54, 1.807) is 0 Å². The minimum Gasteiger partial charge on any atom is -0.371 e. The van der Waals surface area contributed by atoms with Gasteiger partial charge in [-0.05, 0) is 31.6 Å². The second-order valence-corrected chi connectivity index (χ2v) is 4.89. The van der Waals surface area contributed by atoms with Crippen molar-refractivity contribution >= 4 is 5.84 Å². The van der Waals surface area contributed by atoms with Crippen molar-refractivity contribution in [2.75, 3.05) is 6.54 Å². The van der Waals surface area contributed by atoms with Gasteiger partial charge >= 0.3 is 0 Å². The average Bonchev–Trinajstić information content (AvgIpc) is 2.58. The molecule has 0 amide bonds. The highest BCUT2D eigenvalue weighted by Gasteiger charge is 2.17. The first-order valence-corrected chi connectivity index (χ1v) is 6.14. The van der Waals surface area contributed by atoms with Crippen LogP contribution in [0.4, 0.5) is 0 Å². The van der Waals surface area contributed by atoms with Crippen LogP contribution < -0.4 is 5.32 Å². The van der Waals surface area contributed by atoms with Crippen LogP contribution in [0.5, 0.6) is 0 Å². The normalized spacial score (nSPS) is 33.6.